The molecule has 0 heterocycles. The van der Waals surface area contributed by atoms with Gasteiger partial charge in [-0.1, -0.05) is 0 Å². The van der Waals surface area contributed by atoms with E-state index in [0.29, 0.717) is 64.0 Å². The van der Waals surface area contributed by atoms with Crippen molar-refractivity contribution >= 4 is 24.0 Å². The van der Waals surface area contributed by atoms with Crippen molar-refractivity contribution in [3.8, 4) is 11.8 Å². The van der Waals surface area contributed by atoms with Gasteiger partial charge >= 0.3 is 205 Å². The summed E-state index contributed by atoms with van der Waals surface area (Å²) < 4.78 is 122. The molecule has 1 aromatic carbocycles. The number of halogens is 9. The summed E-state index contributed by atoms with van der Waals surface area (Å²) in [7, 11) is 0. The Morgan fingerprint density at radius 3 is 1.46 bits per heavy atom. The molecule has 0 aliphatic heterocycles. The van der Waals surface area contributed by atoms with Gasteiger partial charge in [-0.2, -0.15) is 0 Å². The van der Waals surface area contributed by atoms with Crippen LogP contribution in [0.4, 0.5) is 39.5 Å². The van der Waals surface area contributed by atoms with Crippen LogP contribution in [0.5, 0.6) is 0 Å². The van der Waals surface area contributed by atoms with Crippen LogP contribution in [-0.2, 0) is 6.18 Å². The first-order valence-corrected chi connectivity index (χ1v) is 19.2. The van der Waals surface area contributed by atoms with Crippen LogP contribution >= 0.6 is 0 Å². The van der Waals surface area contributed by atoms with E-state index in [2.05, 4.69) is 0 Å². The van der Waals surface area contributed by atoms with Crippen molar-refractivity contribution in [3.63, 3.8) is 0 Å². The molecule has 1 aromatic rings. The number of hydrogen-bond acceptors (Lipinski definition) is 0. The van der Waals surface area contributed by atoms with Gasteiger partial charge in [0, 0.05) is 0 Å². The molecule has 0 aliphatic carbocycles. The number of alkyl halides is 9. The molecule has 0 saturated heterocycles. The van der Waals surface area contributed by atoms with Crippen molar-refractivity contribution in [3.05, 3.63) is 39.0 Å². The summed E-state index contributed by atoms with van der Waals surface area (Å²) in [5, 5.41) is 0. The third kappa shape index (κ3) is 9.93. The van der Waals surface area contributed by atoms with Gasteiger partial charge < -0.3 is 0 Å². The minimum absolute atomic E-state index is 0.303. The number of allylic oxidation sites excluding steroid dienone is 2. The van der Waals surface area contributed by atoms with Gasteiger partial charge in [-0.3, -0.25) is 0 Å². The summed E-state index contributed by atoms with van der Waals surface area (Å²) in [5.41, 5.74) is -2.29. The molecule has 10 heteroatoms. The van der Waals surface area contributed by atoms with E-state index >= 15 is 0 Å². The van der Waals surface area contributed by atoms with Crippen molar-refractivity contribution in [1.29, 1.82) is 0 Å². The van der Waals surface area contributed by atoms with E-state index in [1.807, 2.05) is 20.8 Å². The molecule has 0 aliphatic rings. The molecule has 0 fully saturated rings. The predicted molar refractivity (Wildman–Crippen MR) is 123 cm³/mol. The molecule has 0 amide bonds. The number of rotatable bonds is 11. The molecule has 0 nitrogen and oxygen atoms in total. The second kappa shape index (κ2) is 13.3. The quantitative estimate of drug-likeness (QED) is 0.131. The fraction of sp³-hybridized carbons (Fsp3) is 0.600. The van der Waals surface area contributed by atoms with Crippen molar-refractivity contribution in [2.45, 2.75) is 91.1 Å². The van der Waals surface area contributed by atoms with E-state index in [9.17, 15) is 39.5 Å². The molecule has 0 bridgehead atoms. The van der Waals surface area contributed by atoms with Crippen LogP contribution in [0.1, 0.15) is 70.4 Å². The molecule has 1 rings (SSSR count). The summed E-state index contributed by atoms with van der Waals surface area (Å²) in [6, 6.07) is 2.76. The Hall–Kier alpha value is -1.31. The van der Waals surface area contributed by atoms with Gasteiger partial charge in [-0.15, -0.1) is 0 Å². The fourth-order valence-corrected chi connectivity index (χ4v) is 21.2. The third-order valence-electron chi connectivity index (χ3n) is 5.92. The molecule has 0 N–H and O–H groups in total. The molecular formula is C25H31F9Sn. The van der Waals surface area contributed by atoms with E-state index in [4.69, 9.17) is 0 Å². The Bertz CT molecular complexity index is 857. The Morgan fingerprint density at radius 2 is 1.14 bits per heavy atom. The minimum atomic E-state index is -5.05. The third-order valence-corrected chi connectivity index (χ3v) is 21.7. The zero-order valence-electron chi connectivity index (χ0n) is 20.1. The predicted octanol–water partition coefficient (Wildman–Crippen LogP) is 9.98. The monoisotopic (exact) mass is 622 g/mol. The van der Waals surface area contributed by atoms with Crippen molar-refractivity contribution < 1.29 is 39.5 Å². The fourth-order valence-electron chi connectivity index (χ4n) is 4.24. The molecule has 35 heavy (non-hydrogen) atoms. The van der Waals surface area contributed by atoms with E-state index < -0.39 is 51.6 Å². The van der Waals surface area contributed by atoms with Gasteiger partial charge in [0.15, 0.2) is 0 Å². The van der Waals surface area contributed by atoms with Gasteiger partial charge in [0.1, 0.15) is 0 Å². The average molecular weight is 621 g/mol. The second-order valence-corrected chi connectivity index (χ2v) is 21.7. The van der Waals surface area contributed by atoms with Crippen LogP contribution in [0.25, 0.3) is 5.57 Å². The Kier molecular flexibility index (Phi) is 12.0. The van der Waals surface area contributed by atoms with Crippen LogP contribution < -0.4 is 0 Å². The van der Waals surface area contributed by atoms with E-state index in [0.717, 1.165) is 18.1 Å². The van der Waals surface area contributed by atoms with Crippen LogP contribution in [0.3, 0.4) is 0 Å². The molecule has 0 atom stereocenters. The first-order chi connectivity index (χ1) is 16.1. The summed E-state index contributed by atoms with van der Waals surface area (Å²) >= 11 is -4.45. The van der Waals surface area contributed by atoms with Gasteiger partial charge in [0.25, 0.3) is 0 Å². The van der Waals surface area contributed by atoms with Gasteiger partial charge in [0.05, 0.1) is 0 Å². The van der Waals surface area contributed by atoms with Crippen LogP contribution in [-0.4, -0.2) is 30.7 Å². The molecule has 0 radical (unpaired) electrons. The topological polar surface area (TPSA) is 0 Å². The summed E-state index contributed by atoms with van der Waals surface area (Å²) in [5.74, 6) is 2.69. The van der Waals surface area contributed by atoms with Gasteiger partial charge in [-0.25, -0.2) is 0 Å². The Labute approximate surface area is 205 Å². The normalized spacial score (nSPS) is 13.8. The standard InChI is InChI=1S/C13H4F9.3C4H9.Sn/c14-11(15,16)6-5-9(7-12(17,18)19)8-1-3-10(4-2-8)13(20,21)22;3*1-3-4-2;/h1-4H;3*1,3-4H2,2H3;. The first-order valence-electron chi connectivity index (χ1n) is 11.7. The van der Waals surface area contributed by atoms with E-state index in [1.165, 1.54) is 0 Å². The summed E-state index contributed by atoms with van der Waals surface area (Å²) in [4.78, 5) is 0. The van der Waals surface area contributed by atoms with Crippen LogP contribution in [0, 0.1) is 11.8 Å². The van der Waals surface area contributed by atoms with Crippen molar-refractivity contribution in [1.82, 2.24) is 0 Å². The zero-order chi connectivity index (χ0) is 26.9. The maximum atomic E-state index is 14.8. The van der Waals surface area contributed by atoms with E-state index in [-0.39, 0.29) is 5.56 Å². The summed E-state index contributed by atoms with van der Waals surface area (Å²) in [6.45, 7) is 5.52. The van der Waals surface area contributed by atoms with Gasteiger partial charge in [0.2, 0.25) is 0 Å². The maximum absolute atomic E-state index is 14.8. The average Bonchev–Trinajstić information content (AvgIpc) is 2.75. The molecule has 0 unspecified atom stereocenters. The Morgan fingerprint density at radius 1 is 0.714 bits per heavy atom. The van der Waals surface area contributed by atoms with Crippen LogP contribution in [0.2, 0.25) is 13.3 Å². The first kappa shape index (κ1) is 31.7. The van der Waals surface area contributed by atoms with E-state index in [1.54, 1.807) is 5.92 Å². The molecule has 0 aromatic heterocycles. The van der Waals surface area contributed by atoms with Crippen molar-refractivity contribution in [2.75, 3.05) is 0 Å². The number of hydrogen-bond donors (Lipinski definition) is 0. The SMILES string of the molecule is CCC[CH2][Sn]([CH2]CCC)([CH2]CCC)/[C](=C(\C#CC(F)(F)F)c1ccc(C(F)(F)F)cc1)C(F)(F)F. The Balaban J connectivity index is 4.08. The second-order valence-electron chi connectivity index (χ2n) is 8.66. The number of benzene rings is 1. The molecule has 0 spiro atoms. The zero-order valence-corrected chi connectivity index (χ0v) is 22.9. The molecule has 0 saturated carbocycles. The van der Waals surface area contributed by atoms with Crippen LogP contribution in [0.15, 0.2) is 27.9 Å². The molecule has 198 valence electrons. The number of unbranched alkanes of at least 4 members (excludes halogenated alkanes) is 3. The van der Waals surface area contributed by atoms with Crippen molar-refractivity contribution in [2.24, 2.45) is 0 Å². The molecular weight excluding hydrogens is 590 g/mol. The van der Waals surface area contributed by atoms with Gasteiger partial charge in [-0.05, 0) is 0 Å². The summed E-state index contributed by atoms with van der Waals surface area (Å²) in [6.07, 6.45) is -11.3.